The molecule has 23 heavy (non-hydrogen) atoms. The average Bonchev–Trinajstić information content (AvgIpc) is 2.96. The quantitative estimate of drug-likeness (QED) is 0.663. The van der Waals surface area contributed by atoms with Gasteiger partial charge in [0.05, 0.1) is 29.7 Å². The first-order valence-electron chi connectivity index (χ1n) is 6.78. The number of nitrogens with zero attached hydrogens (tertiary/aromatic N) is 2. The lowest BCUT2D eigenvalue weighted by Crippen LogP contribution is -2.06. The van der Waals surface area contributed by atoms with Crippen LogP contribution < -0.4 is 15.4 Å². The highest BCUT2D eigenvalue weighted by molar-refractivity contribution is 7.23. The summed E-state index contributed by atoms with van der Waals surface area (Å²) >= 11 is 1.25. The monoisotopic (exact) mass is 330 g/mol. The van der Waals surface area contributed by atoms with Gasteiger partial charge in [0.1, 0.15) is 11.3 Å². The maximum absolute atomic E-state index is 10.8. The molecule has 0 aliphatic heterocycles. The van der Waals surface area contributed by atoms with Crippen LogP contribution in [0.15, 0.2) is 36.5 Å². The third kappa shape index (κ3) is 3.32. The molecule has 0 fully saturated rings. The molecule has 0 bridgehead atoms. The fraction of sp³-hybridized carbons (Fsp3) is 0.133. The smallest absolute Gasteiger partial charge is 0.410 e. The number of aromatic nitrogens is 2. The van der Waals surface area contributed by atoms with E-state index >= 15 is 0 Å². The summed E-state index contributed by atoms with van der Waals surface area (Å²) in [5, 5.41) is 14.7. The molecule has 3 N–H and O–H groups in total. The molecule has 2 heterocycles. The molecule has 0 radical (unpaired) electrons. The summed E-state index contributed by atoms with van der Waals surface area (Å²) < 4.78 is 6.12. The molecular weight excluding hydrogens is 316 g/mol. The fourth-order valence-electron chi connectivity index (χ4n) is 2.12. The van der Waals surface area contributed by atoms with Crippen molar-refractivity contribution in [2.45, 2.75) is 6.54 Å². The first-order valence-corrected chi connectivity index (χ1v) is 7.60. The van der Waals surface area contributed by atoms with Crippen molar-refractivity contribution in [2.75, 3.05) is 17.7 Å². The van der Waals surface area contributed by atoms with Gasteiger partial charge in [0.15, 0.2) is 5.13 Å². The lowest BCUT2D eigenvalue weighted by molar-refractivity contribution is 0.209. The molecule has 7 nitrogen and oxygen atoms in total. The molecule has 0 aliphatic carbocycles. The molecule has 0 saturated heterocycles. The third-order valence-electron chi connectivity index (χ3n) is 3.13. The lowest BCUT2D eigenvalue weighted by atomic mass is 10.2. The highest BCUT2D eigenvalue weighted by Crippen LogP contribution is 2.37. The van der Waals surface area contributed by atoms with Gasteiger partial charge < -0.3 is 15.2 Å². The molecule has 0 unspecified atom stereocenters. The summed E-state index contributed by atoms with van der Waals surface area (Å²) in [6.45, 7) is 0.557. The Hall–Kier alpha value is -2.87. The van der Waals surface area contributed by atoms with Gasteiger partial charge in [-0.15, -0.1) is 0 Å². The molecular formula is C15H14N4O3S. The summed E-state index contributed by atoms with van der Waals surface area (Å²) in [6, 6.07) is 9.40. The maximum atomic E-state index is 10.8. The van der Waals surface area contributed by atoms with Crippen molar-refractivity contribution in [3.05, 3.63) is 42.2 Å². The molecule has 3 aromatic rings. The highest BCUT2D eigenvalue weighted by atomic mass is 32.1. The van der Waals surface area contributed by atoms with Crippen LogP contribution in [-0.2, 0) is 6.54 Å². The number of pyridine rings is 1. The molecule has 118 valence electrons. The predicted octanol–water partition coefficient (Wildman–Crippen LogP) is 3.40. The number of ether oxygens (including phenoxy) is 1. The first kappa shape index (κ1) is 15.0. The van der Waals surface area contributed by atoms with Crippen LogP contribution in [0.2, 0.25) is 0 Å². The Kier molecular flexibility index (Phi) is 4.24. The van der Waals surface area contributed by atoms with E-state index in [-0.39, 0.29) is 0 Å². The molecule has 8 heteroatoms. The van der Waals surface area contributed by atoms with Gasteiger partial charge >= 0.3 is 6.09 Å². The van der Waals surface area contributed by atoms with Gasteiger partial charge in [-0.1, -0.05) is 17.4 Å². The van der Waals surface area contributed by atoms with E-state index in [1.807, 2.05) is 24.3 Å². The number of methoxy groups -OCH3 is 1. The summed E-state index contributed by atoms with van der Waals surface area (Å²) in [6.07, 6.45) is 0.591. The fourth-order valence-corrected chi connectivity index (χ4v) is 3.08. The zero-order valence-corrected chi connectivity index (χ0v) is 13.1. The third-order valence-corrected chi connectivity index (χ3v) is 4.13. The number of benzene rings is 1. The topological polar surface area (TPSA) is 96.4 Å². The SMILES string of the molecule is COc1ccc(NCc2ccccn2)c2sc(NC(=O)O)nc12. The van der Waals surface area contributed by atoms with Gasteiger partial charge in [0.25, 0.3) is 0 Å². The minimum atomic E-state index is -1.15. The van der Waals surface area contributed by atoms with Gasteiger partial charge in [0, 0.05) is 6.20 Å². The van der Waals surface area contributed by atoms with Crippen LogP contribution in [0.4, 0.5) is 15.6 Å². The number of hydrogen-bond acceptors (Lipinski definition) is 6. The molecule has 0 spiro atoms. The maximum Gasteiger partial charge on any atom is 0.410 e. The van der Waals surface area contributed by atoms with E-state index in [1.165, 1.54) is 11.3 Å². The number of hydrogen-bond donors (Lipinski definition) is 3. The van der Waals surface area contributed by atoms with Crippen LogP contribution in [-0.4, -0.2) is 28.3 Å². The molecule has 0 saturated carbocycles. The number of thiazole rings is 1. The van der Waals surface area contributed by atoms with E-state index in [0.29, 0.717) is 22.9 Å². The predicted molar refractivity (Wildman–Crippen MR) is 89.4 cm³/mol. The zero-order valence-electron chi connectivity index (χ0n) is 12.2. The number of amides is 1. The minimum Gasteiger partial charge on any atom is -0.494 e. The minimum absolute atomic E-state index is 0.304. The standard InChI is InChI=1S/C15H14N4O3S/c1-22-11-6-5-10(17-8-9-4-2-3-7-16-9)13-12(11)18-14(23-13)19-15(20)21/h2-7,17H,8H2,1H3,(H,18,19)(H,20,21). The Morgan fingerprint density at radius 2 is 2.22 bits per heavy atom. The number of anilines is 2. The van der Waals surface area contributed by atoms with Crippen LogP contribution in [0.25, 0.3) is 10.2 Å². The van der Waals surface area contributed by atoms with Gasteiger partial charge in [-0.2, -0.15) is 0 Å². The van der Waals surface area contributed by atoms with E-state index in [1.54, 1.807) is 19.4 Å². The number of nitrogens with one attached hydrogen (secondary N) is 2. The molecule has 3 rings (SSSR count). The van der Waals surface area contributed by atoms with Gasteiger partial charge in [0.2, 0.25) is 0 Å². The summed E-state index contributed by atoms with van der Waals surface area (Å²) in [7, 11) is 1.55. The number of fused-ring (bicyclic) bond motifs is 1. The molecule has 1 aromatic carbocycles. The van der Waals surface area contributed by atoms with Crippen LogP contribution in [0.1, 0.15) is 5.69 Å². The Balaban J connectivity index is 1.93. The average molecular weight is 330 g/mol. The van der Waals surface area contributed by atoms with Gasteiger partial charge in [-0.25, -0.2) is 9.78 Å². The zero-order chi connectivity index (χ0) is 16.2. The van der Waals surface area contributed by atoms with Gasteiger partial charge in [-0.05, 0) is 24.3 Å². The van der Waals surface area contributed by atoms with E-state index < -0.39 is 6.09 Å². The lowest BCUT2D eigenvalue weighted by Gasteiger charge is -2.08. The number of rotatable bonds is 5. The van der Waals surface area contributed by atoms with E-state index in [4.69, 9.17) is 9.84 Å². The van der Waals surface area contributed by atoms with Crippen molar-refractivity contribution in [2.24, 2.45) is 0 Å². The second-order valence-corrected chi connectivity index (χ2v) is 5.62. The number of carbonyl (C=O) groups is 1. The molecule has 0 atom stereocenters. The summed E-state index contributed by atoms with van der Waals surface area (Å²) in [5.41, 5.74) is 2.37. The first-order chi connectivity index (χ1) is 11.2. The Bertz CT molecular complexity index is 835. The van der Waals surface area contributed by atoms with E-state index in [9.17, 15) is 4.79 Å². The highest BCUT2D eigenvalue weighted by Gasteiger charge is 2.14. The molecule has 1 amide bonds. The van der Waals surface area contributed by atoms with Gasteiger partial charge in [-0.3, -0.25) is 10.3 Å². The van der Waals surface area contributed by atoms with Crippen molar-refractivity contribution in [3.63, 3.8) is 0 Å². The Morgan fingerprint density at radius 3 is 2.91 bits per heavy atom. The van der Waals surface area contributed by atoms with Crippen molar-refractivity contribution < 1.29 is 14.6 Å². The van der Waals surface area contributed by atoms with Crippen molar-refractivity contribution in [1.82, 2.24) is 9.97 Å². The van der Waals surface area contributed by atoms with Crippen LogP contribution in [0.3, 0.4) is 0 Å². The van der Waals surface area contributed by atoms with Crippen LogP contribution >= 0.6 is 11.3 Å². The summed E-state index contributed by atoms with van der Waals surface area (Å²) in [5.74, 6) is 0.595. The normalized spacial score (nSPS) is 10.5. The van der Waals surface area contributed by atoms with Crippen molar-refractivity contribution >= 4 is 38.5 Å². The Morgan fingerprint density at radius 1 is 1.35 bits per heavy atom. The van der Waals surface area contributed by atoms with Crippen LogP contribution in [0.5, 0.6) is 5.75 Å². The van der Waals surface area contributed by atoms with Crippen molar-refractivity contribution in [3.8, 4) is 5.75 Å². The Labute approximate surface area is 136 Å². The van der Waals surface area contributed by atoms with Crippen LogP contribution in [0, 0.1) is 0 Å². The second-order valence-electron chi connectivity index (χ2n) is 4.62. The number of carboxylic acid groups (broad SMARTS) is 1. The molecule has 2 aromatic heterocycles. The van der Waals surface area contributed by atoms with E-state index in [0.717, 1.165) is 16.1 Å². The summed E-state index contributed by atoms with van der Waals surface area (Å²) in [4.78, 5) is 19.3. The largest absolute Gasteiger partial charge is 0.494 e. The van der Waals surface area contributed by atoms with Crippen molar-refractivity contribution in [1.29, 1.82) is 0 Å². The molecule has 0 aliphatic rings. The second kappa shape index (κ2) is 6.49. The van der Waals surface area contributed by atoms with E-state index in [2.05, 4.69) is 20.6 Å².